The fraction of sp³-hybridized carbons (Fsp3) is 0.643. The lowest BCUT2D eigenvalue weighted by Gasteiger charge is -2.20. The van der Waals surface area contributed by atoms with Crippen LogP contribution in [0, 0.1) is 11.8 Å². The van der Waals surface area contributed by atoms with Gasteiger partial charge in [0.15, 0.2) is 4.96 Å². The fourth-order valence-electron chi connectivity index (χ4n) is 2.03. The largest absolute Gasteiger partial charge is 0.314 e. The van der Waals surface area contributed by atoms with E-state index < -0.39 is 0 Å². The summed E-state index contributed by atoms with van der Waals surface area (Å²) in [5.74, 6) is 1.33. The lowest BCUT2D eigenvalue weighted by Crippen LogP contribution is -2.31. The van der Waals surface area contributed by atoms with E-state index in [0.717, 1.165) is 17.9 Å². The maximum Gasteiger partial charge on any atom is 0.193 e. The van der Waals surface area contributed by atoms with E-state index in [4.69, 9.17) is 0 Å². The molecule has 2 aromatic rings. The van der Waals surface area contributed by atoms with Gasteiger partial charge in [0.2, 0.25) is 0 Å². The van der Waals surface area contributed by atoms with Crippen molar-refractivity contribution in [2.45, 2.75) is 40.2 Å². The average molecular weight is 265 g/mol. The van der Waals surface area contributed by atoms with E-state index in [9.17, 15) is 0 Å². The van der Waals surface area contributed by atoms with E-state index in [1.54, 1.807) is 11.3 Å². The van der Waals surface area contributed by atoms with Gasteiger partial charge in [-0.05, 0) is 24.8 Å². The first-order valence-electron chi connectivity index (χ1n) is 6.70. The number of imidazole rings is 1. The summed E-state index contributed by atoms with van der Waals surface area (Å²) in [4.78, 5) is 5.75. The molecule has 0 aromatic carbocycles. The Kier molecular flexibility index (Phi) is 4.40. The summed E-state index contributed by atoms with van der Waals surface area (Å²) in [6.07, 6.45) is 5.30. The Morgan fingerprint density at radius 3 is 2.72 bits per heavy atom. The van der Waals surface area contributed by atoms with Gasteiger partial charge in [-0.25, -0.2) is 4.98 Å². The minimum Gasteiger partial charge on any atom is -0.314 e. The number of rotatable bonds is 6. The molecule has 18 heavy (non-hydrogen) atoms. The summed E-state index contributed by atoms with van der Waals surface area (Å²) in [5, 5.41) is 5.58. The van der Waals surface area contributed by atoms with Crippen LogP contribution >= 0.6 is 11.3 Å². The predicted octanol–water partition coefficient (Wildman–Crippen LogP) is 3.21. The smallest absolute Gasteiger partial charge is 0.193 e. The van der Waals surface area contributed by atoms with Gasteiger partial charge in [0.25, 0.3) is 0 Å². The molecule has 0 aliphatic carbocycles. The van der Waals surface area contributed by atoms with Gasteiger partial charge in [0.05, 0.1) is 5.69 Å². The van der Waals surface area contributed by atoms with Crippen molar-refractivity contribution in [3.8, 4) is 0 Å². The molecule has 100 valence electrons. The Morgan fingerprint density at radius 2 is 2.06 bits per heavy atom. The molecule has 0 radical (unpaired) electrons. The Hall–Kier alpha value is -0.870. The first-order chi connectivity index (χ1) is 8.56. The molecule has 3 nitrogen and oxygen atoms in total. The van der Waals surface area contributed by atoms with Gasteiger partial charge in [-0.2, -0.15) is 0 Å². The summed E-state index contributed by atoms with van der Waals surface area (Å²) in [6.45, 7) is 10.1. The van der Waals surface area contributed by atoms with Gasteiger partial charge in [-0.3, -0.25) is 4.40 Å². The van der Waals surface area contributed by atoms with Crippen LogP contribution in [0.5, 0.6) is 0 Å². The van der Waals surface area contributed by atoms with Gasteiger partial charge in [0.1, 0.15) is 0 Å². The average Bonchev–Trinajstić information content (AvgIpc) is 2.85. The number of aromatic nitrogens is 2. The third-order valence-electron chi connectivity index (χ3n) is 3.49. The number of hydrogen-bond donors (Lipinski definition) is 1. The molecule has 0 aliphatic rings. The highest BCUT2D eigenvalue weighted by Crippen LogP contribution is 2.18. The van der Waals surface area contributed by atoms with Gasteiger partial charge in [0, 0.05) is 23.8 Å². The Morgan fingerprint density at radius 1 is 1.28 bits per heavy atom. The molecule has 0 amide bonds. The van der Waals surface area contributed by atoms with Crippen molar-refractivity contribution in [1.82, 2.24) is 14.7 Å². The molecule has 2 rings (SSSR count). The van der Waals surface area contributed by atoms with Crippen molar-refractivity contribution in [1.29, 1.82) is 0 Å². The molecule has 0 bridgehead atoms. The molecular weight excluding hydrogens is 242 g/mol. The van der Waals surface area contributed by atoms with Crippen molar-refractivity contribution in [2.75, 3.05) is 6.54 Å². The molecular formula is C14H23N3S. The molecule has 2 unspecified atom stereocenters. The predicted molar refractivity (Wildman–Crippen MR) is 78.2 cm³/mol. The molecule has 0 fully saturated rings. The second-order valence-electron chi connectivity index (χ2n) is 5.55. The van der Waals surface area contributed by atoms with Crippen LogP contribution in [0.15, 0.2) is 17.8 Å². The van der Waals surface area contributed by atoms with E-state index in [0.29, 0.717) is 17.9 Å². The number of nitrogens with one attached hydrogen (secondary N) is 1. The summed E-state index contributed by atoms with van der Waals surface area (Å²) in [6, 6.07) is 0.567. The van der Waals surface area contributed by atoms with Gasteiger partial charge >= 0.3 is 0 Å². The van der Waals surface area contributed by atoms with Crippen molar-refractivity contribution in [2.24, 2.45) is 11.8 Å². The first kappa shape index (κ1) is 13.6. The molecule has 0 saturated carbocycles. The van der Waals surface area contributed by atoms with Crippen molar-refractivity contribution in [3.63, 3.8) is 0 Å². The van der Waals surface area contributed by atoms with Crippen LogP contribution < -0.4 is 5.32 Å². The van der Waals surface area contributed by atoms with Crippen LogP contribution in [0.3, 0.4) is 0 Å². The van der Waals surface area contributed by atoms with Gasteiger partial charge < -0.3 is 5.32 Å². The summed E-state index contributed by atoms with van der Waals surface area (Å²) >= 11 is 1.70. The molecule has 2 aromatic heterocycles. The van der Waals surface area contributed by atoms with E-state index >= 15 is 0 Å². The van der Waals surface area contributed by atoms with Gasteiger partial charge in [-0.1, -0.05) is 27.7 Å². The Labute approximate surface area is 113 Å². The summed E-state index contributed by atoms with van der Waals surface area (Å²) < 4.78 is 2.11. The molecule has 0 aliphatic heterocycles. The summed E-state index contributed by atoms with van der Waals surface area (Å²) in [5.41, 5.74) is 1.21. The highest BCUT2D eigenvalue weighted by molar-refractivity contribution is 7.15. The molecule has 0 spiro atoms. The third kappa shape index (κ3) is 3.33. The number of hydrogen-bond acceptors (Lipinski definition) is 3. The standard InChI is InChI=1S/C14H23N3S/c1-10(2)15-8-12(4)11(3)7-13-9-17-5-6-18-14(17)16-13/h5-6,9-12,15H,7-8H2,1-4H3. The Balaban J connectivity index is 1.90. The first-order valence-corrected chi connectivity index (χ1v) is 7.58. The SMILES string of the molecule is CC(C)NCC(C)C(C)Cc1cn2ccsc2n1. The second-order valence-corrected chi connectivity index (χ2v) is 6.42. The second kappa shape index (κ2) is 5.85. The Bertz CT molecular complexity index is 457. The minimum absolute atomic E-state index is 0.567. The van der Waals surface area contributed by atoms with Crippen LogP contribution in [0.2, 0.25) is 0 Å². The molecule has 1 N–H and O–H groups in total. The zero-order valence-corrected chi connectivity index (χ0v) is 12.5. The summed E-state index contributed by atoms with van der Waals surface area (Å²) in [7, 11) is 0. The van der Waals surface area contributed by atoms with Crippen LogP contribution in [-0.2, 0) is 6.42 Å². The van der Waals surface area contributed by atoms with Crippen LogP contribution in [-0.4, -0.2) is 22.0 Å². The van der Waals surface area contributed by atoms with Gasteiger partial charge in [-0.15, -0.1) is 11.3 Å². The number of thiazole rings is 1. The zero-order chi connectivity index (χ0) is 13.1. The lowest BCUT2D eigenvalue weighted by atomic mass is 9.91. The van der Waals surface area contributed by atoms with Crippen LogP contribution in [0.4, 0.5) is 0 Å². The van der Waals surface area contributed by atoms with E-state index in [1.165, 1.54) is 5.69 Å². The van der Waals surface area contributed by atoms with E-state index in [2.05, 4.69) is 60.2 Å². The quantitative estimate of drug-likeness (QED) is 0.869. The molecule has 4 heteroatoms. The third-order valence-corrected chi connectivity index (χ3v) is 4.26. The lowest BCUT2D eigenvalue weighted by molar-refractivity contribution is 0.352. The van der Waals surface area contributed by atoms with Crippen molar-refractivity contribution in [3.05, 3.63) is 23.5 Å². The maximum absolute atomic E-state index is 4.65. The molecule has 2 atom stereocenters. The van der Waals surface area contributed by atoms with Crippen LogP contribution in [0.1, 0.15) is 33.4 Å². The molecule has 0 saturated heterocycles. The van der Waals surface area contributed by atoms with E-state index in [1.807, 2.05) is 0 Å². The van der Waals surface area contributed by atoms with Crippen molar-refractivity contribution >= 4 is 16.3 Å². The number of nitrogens with zero attached hydrogens (tertiary/aromatic N) is 2. The monoisotopic (exact) mass is 265 g/mol. The number of fused-ring (bicyclic) bond motifs is 1. The van der Waals surface area contributed by atoms with Crippen molar-refractivity contribution < 1.29 is 0 Å². The maximum atomic E-state index is 4.65. The highest BCUT2D eigenvalue weighted by atomic mass is 32.1. The topological polar surface area (TPSA) is 29.3 Å². The normalized spacial score (nSPS) is 15.4. The zero-order valence-electron chi connectivity index (χ0n) is 11.7. The van der Waals surface area contributed by atoms with Crippen LogP contribution in [0.25, 0.3) is 4.96 Å². The molecule has 2 heterocycles. The highest BCUT2D eigenvalue weighted by Gasteiger charge is 2.15. The fourth-order valence-corrected chi connectivity index (χ4v) is 2.75. The minimum atomic E-state index is 0.567. The van der Waals surface area contributed by atoms with E-state index in [-0.39, 0.29) is 0 Å².